The highest BCUT2D eigenvalue weighted by molar-refractivity contribution is 7.89. The lowest BCUT2D eigenvalue weighted by Crippen LogP contribution is -2.35. The van der Waals surface area contributed by atoms with Gasteiger partial charge < -0.3 is 5.73 Å². The van der Waals surface area contributed by atoms with E-state index in [1.54, 1.807) is 0 Å². The number of carbonyl (C=O) groups is 1. The Bertz CT molecular complexity index is 622. The first-order valence-corrected chi connectivity index (χ1v) is 6.18. The lowest BCUT2D eigenvalue weighted by atomic mass is 10.2. The number of halogens is 1. The minimum absolute atomic E-state index is 0.492. The van der Waals surface area contributed by atoms with Crippen molar-refractivity contribution in [1.29, 1.82) is 5.26 Å². The van der Waals surface area contributed by atoms with Gasteiger partial charge in [-0.1, -0.05) is 6.07 Å². The summed E-state index contributed by atoms with van der Waals surface area (Å²) in [6.07, 6.45) is 0. The molecule has 1 amide bonds. The number of carbonyl (C=O) groups excluding carboxylic acids is 1. The number of hydrogen-bond donors (Lipinski definition) is 1. The summed E-state index contributed by atoms with van der Waals surface area (Å²) >= 11 is 0. The third-order valence-electron chi connectivity index (χ3n) is 2.15. The molecule has 1 aromatic rings. The minimum Gasteiger partial charge on any atom is -0.369 e. The molecule has 1 aromatic carbocycles. The van der Waals surface area contributed by atoms with Gasteiger partial charge >= 0.3 is 0 Å². The van der Waals surface area contributed by atoms with E-state index in [0.717, 1.165) is 19.2 Å². The standard InChI is InChI=1S/C10H10FN3O3S/c1-14(6-10(13)15)18(16,17)9-4-2-3-8(11)7(9)5-12/h2-4H,6H2,1H3,(H2,13,15). The second kappa shape index (κ2) is 5.12. The zero-order valence-corrected chi connectivity index (χ0v) is 10.2. The van der Waals surface area contributed by atoms with Gasteiger partial charge in [0.1, 0.15) is 22.3 Å². The number of primary amides is 1. The Labute approximate surface area is 103 Å². The fourth-order valence-electron chi connectivity index (χ4n) is 1.30. The maximum atomic E-state index is 13.3. The highest BCUT2D eigenvalue weighted by atomic mass is 32.2. The molecule has 0 bridgehead atoms. The molecule has 0 aliphatic carbocycles. The smallest absolute Gasteiger partial charge is 0.244 e. The molecule has 8 heteroatoms. The van der Waals surface area contributed by atoms with E-state index in [2.05, 4.69) is 0 Å². The van der Waals surface area contributed by atoms with Crippen LogP contribution in [0, 0.1) is 17.1 Å². The molecule has 0 unspecified atom stereocenters. The van der Waals surface area contributed by atoms with Crippen LogP contribution < -0.4 is 5.73 Å². The van der Waals surface area contributed by atoms with E-state index in [0.29, 0.717) is 4.31 Å². The van der Waals surface area contributed by atoms with Crippen LogP contribution in [0.2, 0.25) is 0 Å². The maximum absolute atomic E-state index is 13.3. The molecule has 0 aliphatic rings. The highest BCUT2D eigenvalue weighted by Gasteiger charge is 2.26. The monoisotopic (exact) mass is 271 g/mol. The summed E-state index contributed by atoms with van der Waals surface area (Å²) in [5.74, 6) is -1.79. The summed E-state index contributed by atoms with van der Waals surface area (Å²) < 4.78 is 38.0. The van der Waals surface area contributed by atoms with E-state index < -0.39 is 38.8 Å². The molecule has 0 heterocycles. The number of nitriles is 1. The van der Waals surface area contributed by atoms with Crippen molar-refractivity contribution in [2.24, 2.45) is 5.73 Å². The number of sulfonamides is 1. The number of likely N-dealkylation sites (N-methyl/N-ethyl adjacent to an activating group) is 1. The Morgan fingerprint density at radius 1 is 1.56 bits per heavy atom. The van der Waals surface area contributed by atoms with E-state index in [4.69, 9.17) is 11.0 Å². The molecule has 0 spiro atoms. The fourth-order valence-corrected chi connectivity index (χ4v) is 2.58. The van der Waals surface area contributed by atoms with Gasteiger partial charge in [0.2, 0.25) is 15.9 Å². The van der Waals surface area contributed by atoms with Crippen molar-refractivity contribution in [2.75, 3.05) is 13.6 Å². The third-order valence-corrected chi connectivity index (χ3v) is 4.00. The van der Waals surface area contributed by atoms with Crippen molar-refractivity contribution in [3.8, 4) is 6.07 Å². The molecule has 0 radical (unpaired) electrons. The molecule has 6 nitrogen and oxygen atoms in total. The second-order valence-corrected chi connectivity index (χ2v) is 5.47. The van der Waals surface area contributed by atoms with Gasteiger partial charge in [-0.25, -0.2) is 12.8 Å². The number of hydrogen-bond acceptors (Lipinski definition) is 4. The average molecular weight is 271 g/mol. The largest absolute Gasteiger partial charge is 0.369 e. The quantitative estimate of drug-likeness (QED) is 0.818. The number of amides is 1. The molecule has 18 heavy (non-hydrogen) atoms. The predicted octanol–water partition coefficient (Wildman–Crippen LogP) is -0.197. The van der Waals surface area contributed by atoms with E-state index >= 15 is 0 Å². The van der Waals surface area contributed by atoms with E-state index in [1.165, 1.54) is 12.1 Å². The zero-order chi connectivity index (χ0) is 13.9. The lowest BCUT2D eigenvalue weighted by molar-refractivity contribution is -0.118. The summed E-state index contributed by atoms with van der Waals surface area (Å²) in [4.78, 5) is 10.2. The molecule has 0 aliphatic heterocycles. The predicted molar refractivity (Wildman–Crippen MR) is 60.1 cm³/mol. The van der Waals surface area contributed by atoms with E-state index in [-0.39, 0.29) is 0 Å². The second-order valence-electron chi connectivity index (χ2n) is 3.45. The molecule has 96 valence electrons. The summed E-state index contributed by atoms with van der Waals surface area (Å²) in [5.41, 5.74) is 4.30. The van der Waals surface area contributed by atoms with Crippen LogP contribution in [0.15, 0.2) is 23.1 Å². The van der Waals surface area contributed by atoms with Gasteiger partial charge in [-0.3, -0.25) is 4.79 Å². The molecule has 1 rings (SSSR count). The maximum Gasteiger partial charge on any atom is 0.244 e. The van der Waals surface area contributed by atoms with Crippen molar-refractivity contribution >= 4 is 15.9 Å². The SMILES string of the molecule is CN(CC(N)=O)S(=O)(=O)c1cccc(F)c1C#N. The Kier molecular flexibility index (Phi) is 4.00. The first kappa shape index (κ1) is 14.1. The van der Waals surface area contributed by atoms with Crippen LogP contribution in [-0.2, 0) is 14.8 Å². The Hall–Kier alpha value is -1.98. The van der Waals surface area contributed by atoms with Crippen molar-refractivity contribution in [2.45, 2.75) is 4.90 Å². The zero-order valence-electron chi connectivity index (χ0n) is 9.42. The van der Waals surface area contributed by atoms with Gasteiger partial charge in [0, 0.05) is 7.05 Å². The molecule has 0 atom stereocenters. The van der Waals surface area contributed by atoms with Gasteiger partial charge in [-0.15, -0.1) is 0 Å². The molecule has 2 N–H and O–H groups in total. The molecular formula is C10H10FN3O3S. The third kappa shape index (κ3) is 2.64. The molecule has 0 aromatic heterocycles. The van der Waals surface area contributed by atoms with Crippen LogP contribution in [0.25, 0.3) is 0 Å². The Morgan fingerprint density at radius 3 is 2.67 bits per heavy atom. The number of nitrogens with two attached hydrogens (primary N) is 1. The van der Waals surface area contributed by atoms with E-state index in [1.807, 2.05) is 0 Å². The van der Waals surface area contributed by atoms with Crippen LogP contribution in [0.4, 0.5) is 4.39 Å². The number of benzene rings is 1. The van der Waals surface area contributed by atoms with Crippen molar-refractivity contribution in [3.05, 3.63) is 29.6 Å². The molecule has 0 fully saturated rings. The van der Waals surface area contributed by atoms with Gasteiger partial charge in [0.05, 0.1) is 6.54 Å². The molecule has 0 saturated carbocycles. The summed E-state index contributed by atoms with van der Waals surface area (Å²) in [5, 5.41) is 8.76. The van der Waals surface area contributed by atoms with Crippen molar-refractivity contribution in [3.63, 3.8) is 0 Å². The fraction of sp³-hybridized carbons (Fsp3) is 0.200. The first-order valence-electron chi connectivity index (χ1n) is 4.74. The van der Waals surface area contributed by atoms with Crippen LogP contribution >= 0.6 is 0 Å². The van der Waals surface area contributed by atoms with Crippen LogP contribution in [0.5, 0.6) is 0 Å². The topological polar surface area (TPSA) is 104 Å². The summed E-state index contributed by atoms with van der Waals surface area (Å²) in [6.45, 7) is -0.552. The number of rotatable bonds is 4. The highest BCUT2D eigenvalue weighted by Crippen LogP contribution is 2.20. The van der Waals surface area contributed by atoms with Crippen LogP contribution in [0.3, 0.4) is 0 Å². The first-order chi connectivity index (χ1) is 8.30. The van der Waals surface area contributed by atoms with Crippen molar-refractivity contribution < 1.29 is 17.6 Å². The lowest BCUT2D eigenvalue weighted by Gasteiger charge is -2.16. The molecular weight excluding hydrogens is 261 g/mol. The molecule has 0 saturated heterocycles. The van der Waals surface area contributed by atoms with Crippen molar-refractivity contribution in [1.82, 2.24) is 4.31 Å². The van der Waals surface area contributed by atoms with Gasteiger partial charge in [0.25, 0.3) is 0 Å². The van der Waals surface area contributed by atoms with Crippen LogP contribution in [-0.4, -0.2) is 32.2 Å². The van der Waals surface area contributed by atoms with E-state index in [9.17, 15) is 17.6 Å². The average Bonchev–Trinajstić information content (AvgIpc) is 2.27. The minimum atomic E-state index is -4.13. The van der Waals surface area contributed by atoms with Crippen LogP contribution in [0.1, 0.15) is 5.56 Å². The van der Waals surface area contributed by atoms with Gasteiger partial charge in [-0.05, 0) is 12.1 Å². The van der Waals surface area contributed by atoms with Gasteiger partial charge in [-0.2, -0.15) is 9.57 Å². The number of nitrogens with zero attached hydrogens (tertiary/aromatic N) is 2. The Balaban J connectivity index is 3.34. The summed E-state index contributed by atoms with van der Waals surface area (Å²) in [7, 11) is -3.01. The Morgan fingerprint density at radius 2 is 2.17 bits per heavy atom. The summed E-state index contributed by atoms with van der Waals surface area (Å²) in [6, 6.07) is 4.72. The van der Waals surface area contributed by atoms with Gasteiger partial charge in [0.15, 0.2) is 0 Å². The normalized spacial score (nSPS) is 11.2.